The van der Waals surface area contributed by atoms with Crippen LogP contribution in [0.3, 0.4) is 0 Å². The number of aromatic nitrogens is 4. The van der Waals surface area contributed by atoms with Crippen molar-refractivity contribution in [3.05, 3.63) is 34.4 Å². The molecule has 24 heavy (non-hydrogen) atoms. The van der Waals surface area contributed by atoms with Gasteiger partial charge in [0.1, 0.15) is 12.0 Å². The maximum Gasteiger partial charge on any atom is 0.194 e. The Morgan fingerprint density at radius 3 is 2.83 bits per heavy atom. The molecule has 1 atom stereocenters. The molecule has 1 unspecified atom stereocenters. The smallest absolute Gasteiger partial charge is 0.194 e. The van der Waals surface area contributed by atoms with Crippen molar-refractivity contribution in [1.29, 1.82) is 0 Å². The molecule has 0 bridgehead atoms. The number of nitrogens with one attached hydrogen (secondary N) is 1. The third-order valence-electron chi connectivity index (χ3n) is 3.96. The standard InChI is InChI=1S/C16H16IN5O2/c1-23-11-6-4-10(5-7-11)19-14-13-15(21-16(17)20-14)22(9-18-13)12-3-2-8-24-12/h4-7,9,12H,2-3,8H2,1H3,(H,19,20,21). The topological polar surface area (TPSA) is 74.1 Å². The summed E-state index contributed by atoms with van der Waals surface area (Å²) in [6.45, 7) is 0.781. The first-order valence-electron chi connectivity index (χ1n) is 7.67. The molecule has 0 aliphatic carbocycles. The average Bonchev–Trinajstić information content (AvgIpc) is 3.24. The van der Waals surface area contributed by atoms with Crippen molar-refractivity contribution in [2.45, 2.75) is 19.1 Å². The van der Waals surface area contributed by atoms with Crippen LogP contribution in [0.25, 0.3) is 11.2 Å². The second-order valence-electron chi connectivity index (χ2n) is 5.49. The van der Waals surface area contributed by atoms with Gasteiger partial charge in [0.15, 0.2) is 20.8 Å². The monoisotopic (exact) mass is 437 g/mol. The summed E-state index contributed by atoms with van der Waals surface area (Å²) in [5.41, 5.74) is 2.44. The Morgan fingerprint density at radius 1 is 1.29 bits per heavy atom. The highest BCUT2D eigenvalue weighted by Crippen LogP contribution is 2.29. The second kappa shape index (κ2) is 6.52. The molecular formula is C16H16IN5O2. The van der Waals surface area contributed by atoms with Crippen LogP contribution in [0.1, 0.15) is 19.1 Å². The number of benzene rings is 1. The highest BCUT2D eigenvalue weighted by Gasteiger charge is 2.22. The van der Waals surface area contributed by atoms with Crippen LogP contribution >= 0.6 is 22.6 Å². The Labute approximate surface area is 152 Å². The average molecular weight is 437 g/mol. The van der Waals surface area contributed by atoms with E-state index in [0.29, 0.717) is 9.65 Å². The fraction of sp³-hybridized carbons (Fsp3) is 0.312. The van der Waals surface area contributed by atoms with E-state index in [1.807, 2.05) is 28.8 Å². The van der Waals surface area contributed by atoms with Gasteiger partial charge in [-0.3, -0.25) is 4.57 Å². The van der Waals surface area contributed by atoms with E-state index in [9.17, 15) is 0 Å². The summed E-state index contributed by atoms with van der Waals surface area (Å²) in [6, 6.07) is 7.68. The molecule has 124 valence electrons. The summed E-state index contributed by atoms with van der Waals surface area (Å²) < 4.78 is 13.6. The van der Waals surface area contributed by atoms with Crippen molar-refractivity contribution >= 4 is 45.3 Å². The number of halogens is 1. The Balaban J connectivity index is 1.71. The fourth-order valence-corrected chi connectivity index (χ4v) is 3.25. The van der Waals surface area contributed by atoms with Gasteiger partial charge in [-0.25, -0.2) is 15.0 Å². The number of methoxy groups -OCH3 is 1. The van der Waals surface area contributed by atoms with E-state index in [4.69, 9.17) is 9.47 Å². The third-order valence-corrected chi connectivity index (χ3v) is 4.45. The van der Waals surface area contributed by atoms with Crippen LogP contribution in [-0.2, 0) is 4.74 Å². The molecule has 0 amide bonds. The molecule has 0 spiro atoms. The zero-order valence-corrected chi connectivity index (χ0v) is 15.2. The highest BCUT2D eigenvalue weighted by atomic mass is 127. The maximum absolute atomic E-state index is 5.75. The van der Waals surface area contributed by atoms with Gasteiger partial charge in [0, 0.05) is 34.9 Å². The molecule has 4 rings (SSSR count). The van der Waals surface area contributed by atoms with E-state index in [0.717, 1.165) is 42.0 Å². The van der Waals surface area contributed by atoms with Crippen LogP contribution in [0, 0.1) is 3.83 Å². The molecule has 3 heterocycles. The first-order valence-corrected chi connectivity index (χ1v) is 8.75. The molecule has 0 saturated carbocycles. The predicted molar refractivity (Wildman–Crippen MR) is 98.5 cm³/mol. The minimum absolute atomic E-state index is 0.00883. The molecule has 1 aliphatic heterocycles. The van der Waals surface area contributed by atoms with Gasteiger partial charge in [-0.2, -0.15) is 0 Å². The summed E-state index contributed by atoms with van der Waals surface area (Å²) in [4.78, 5) is 13.5. The van der Waals surface area contributed by atoms with E-state index in [2.05, 4.69) is 42.9 Å². The number of anilines is 2. The maximum atomic E-state index is 5.75. The number of rotatable bonds is 4. The zero-order chi connectivity index (χ0) is 16.5. The van der Waals surface area contributed by atoms with E-state index >= 15 is 0 Å². The van der Waals surface area contributed by atoms with Crippen LogP contribution in [-0.4, -0.2) is 33.2 Å². The molecular weight excluding hydrogens is 421 g/mol. The van der Waals surface area contributed by atoms with Gasteiger partial charge in [0.2, 0.25) is 0 Å². The second-order valence-corrected chi connectivity index (χ2v) is 6.45. The Bertz CT molecular complexity index is 859. The molecule has 1 N–H and O–H groups in total. The largest absolute Gasteiger partial charge is 0.497 e. The van der Waals surface area contributed by atoms with Crippen LogP contribution < -0.4 is 10.1 Å². The zero-order valence-electron chi connectivity index (χ0n) is 13.1. The lowest BCUT2D eigenvalue weighted by atomic mass is 10.3. The fourth-order valence-electron chi connectivity index (χ4n) is 2.78. The van der Waals surface area contributed by atoms with Gasteiger partial charge in [0.25, 0.3) is 0 Å². The lowest BCUT2D eigenvalue weighted by Crippen LogP contribution is -2.07. The van der Waals surface area contributed by atoms with Crippen LogP contribution in [0.2, 0.25) is 0 Å². The first-order chi connectivity index (χ1) is 11.7. The van der Waals surface area contributed by atoms with E-state index < -0.39 is 0 Å². The minimum Gasteiger partial charge on any atom is -0.497 e. The van der Waals surface area contributed by atoms with Crippen LogP contribution in [0.15, 0.2) is 30.6 Å². The molecule has 0 radical (unpaired) electrons. The first kappa shape index (κ1) is 15.6. The summed E-state index contributed by atoms with van der Waals surface area (Å²) in [5.74, 6) is 1.50. The molecule has 7 nitrogen and oxygen atoms in total. The number of imidazole rings is 1. The third kappa shape index (κ3) is 2.91. The lowest BCUT2D eigenvalue weighted by molar-refractivity contribution is 0.0592. The number of nitrogens with zero attached hydrogens (tertiary/aromatic N) is 4. The predicted octanol–water partition coefficient (Wildman–Crippen LogP) is 3.49. The van der Waals surface area contributed by atoms with E-state index in [1.54, 1.807) is 13.4 Å². The van der Waals surface area contributed by atoms with Gasteiger partial charge in [-0.05, 0) is 37.1 Å². The molecule has 1 aromatic carbocycles. The van der Waals surface area contributed by atoms with Crippen LogP contribution in [0.5, 0.6) is 5.75 Å². The van der Waals surface area contributed by atoms with Crippen molar-refractivity contribution in [3.63, 3.8) is 0 Å². The Morgan fingerprint density at radius 2 is 2.12 bits per heavy atom. The van der Waals surface area contributed by atoms with Gasteiger partial charge in [-0.15, -0.1) is 0 Å². The summed E-state index contributed by atoms with van der Waals surface area (Å²) in [6.07, 6.45) is 3.83. The van der Waals surface area contributed by atoms with E-state index in [-0.39, 0.29) is 6.23 Å². The number of hydrogen-bond acceptors (Lipinski definition) is 6. The quantitative estimate of drug-likeness (QED) is 0.498. The van der Waals surface area contributed by atoms with Crippen molar-refractivity contribution in [2.75, 3.05) is 19.0 Å². The number of fused-ring (bicyclic) bond motifs is 1. The number of ether oxygens (including phenoxy) is 2. The summed E-state index contributed by atoms with van der Waals surface area (Å²) >= 11 is 2.12. The molecule has 2 aromatic heterocycles. The van der Waals surface area contributed by atoms with Crippen molar-refractivity contribution < 1.29 is 9.47 Å². The Hall–Kier alpha value is -1.94. The molecule has 1 fully saturated rings. The number of hydrogen-bond donors (Lipinski definition) is 1. The summed E-state index contributed by atoms with van der Waals surface area (Å²) in [7, 11) is 1.65. The lowest BCUT2D eigenvalue weighted by Gasteiger charge is -2.12. The van der Waals surface area contributed by atoms with Gasteiger partial charge < -0.3 is 14.8 Å². The van der Waals surface area contributed by atoms with Gasteiger partial charge in [0.05, 0.1) is 13.4 Å². The molecule has 8 heteroatoms. The minimum atomic E-state index is 0.00883. The molecule has 1 saturated heterocycles. The van der Waals surface area contributed by atoms with Crippen molar-refractivity contribution in [1.82, 2.24) is 19.5 Å². The highest BCUT2D eigenvalue weighted by molar-refractivity contribution is 14.1. The van der Waals surface area contributed by atoms with Crippen LogP contribution in [0.4, 0.5) is 11.5 Å². The normalized spacial score (nSPS) is 17.3. The molecule has 3 aromatic rings. The van der Waals surface area contributed by atoms with Gasteiger partial charge in [-0.1, -0.05) is 0 Å². The van der Waals surface area contributed by atoms with Gasteiger partial charge >= 0.3 is 0 Å². The van der Waals surface area contributed by atoms with Crippen molar-refractivity contribution in [2.24, 2.45) is 0 Å². The SMILES string of the molecule is COc1ccc(Nc2nc(I)nc3c2ncn3C2CCCO2)cc1. The van der Waals surface area contributed by atoms with Crippen molar-refractivity contribution in [3.8, 4) is 5.75 Å². The van der Waals surface area contributed by atoms with E-state index in [1.165, 1.54) is 0 Å². The summed E-state index contributed by atoms with van der Waals surface area (Å²) in [5, 5.41) is 3.31. The molecule has 1 aliphatic rings. The Kier molecular flexibility index (Phi) is 4.23.